The number of ether oxygens (including phenoxy) is 1. The lowest BCUT2D eigenvalue weighted by atomic mass is 10.2. The zero-order valence-corrected chi connectivity index (χ0v) is 13.8. The molecule has 1 aromatic rings. The van der Waals surface area contributed by atoms with Crippen LogP contribution in [0.1, 0.15) is 24.2 Å². The van der Waals surface area contributed by atoms with Gasteiger partial charge in [-0.05, 0) is 39.1 Å². The molecular weight excluding hydrogens is 278 g/mol. The summed E-state index contributed by atoms with van der Waals surface area (Å²) in [5.41, 5.74) is 0.650. The predicted molar refractivity (Wildman–Crippen MR) is 88.5 cm³/mol. The van der Waals surface area contributed by atoms with Gasteiger partial charge in [-0.25, -0.2) is 0 Å². The zero-order chi connectivity index (χ0) is 15.9. The Morgan fingerprint density at radius 1 is 1.32 bits per heavy atom. The predicted octanol–water partition coefficient (Wildman–Crippen LogP) is 1.45. The van der Waals surface area contributed by atoms with Crippen LogP contribution in [-0.2, 0) is 0 Å². The van der Waals surface area contributed by atoms with E-state index in [1.54, 1.807) is 6.07 Å². The highest BCUT2D eigenvalue weighted by molar-refractivity contribution is 5.94. The molecule has 1 heterocycles. The second-order valence-corrected chi connectivity index (χ2v) is 5.86. The highest BCUT2D eigenvalue weighted by atomic mass is 16.5. The van der Waals surface area contributed by atoms with E-state index in [0.717, 1.165) is 31.9 Å². The minimum absolute atomic E-state index is 0.0393. The number of hydrogen-bond acceptors (Lipinski definition) is 4. The Kier molecular flexibility index (Phi) is 6.21. The second-order valence-electron chi connectivity index (χ2n) is 5.86. The van der Waals surface area contributed by atoms with E-state index in [-0.39, 0.29) is 5.91 Å². The third-order valence-electron chi connectivity index (χ3n) is 4.13. The lowest BCUT2D eigenvalue weighted by Gasteiger charge is -2.36. The fourth-order valence-electron chi connectivity index (χ4n) is 2.63. The number of carbonyl (C=O) groups excluding carboxylic acids is 1. The quantitative estimate of drug-likeness (QED) is 0.864. The van der Waals surface area contributed by atoms with Crippen LogP contribution in [-0.4, -0.2) is 68.1 Å². The van der Waals surface area contributed by atoms with Gasteiger partial charge < -0.3 is 15.0 Å². The molecule has 1 aromatic carbocycles. The van der Waals surface area contributed by atoms with E-state index in [0.29, 0.717) is 24.8 Å². The highest BCUT2D eigenvalue weighted by Crippen LogP contribution is 2.13. The van der Waals surface area contributed by atoms with Crippen LogP contribution in [0.2, 0.25) is 0 Å². The topological polar surface area (TPSA) is 44.8 Å². The van der Waals surface area contributed by atoms with Crippen molar-refractivity contribution in [2.24, 2.45) is 0 Å². The molecule has 0 aromatic heterocycles. The molecule has 22 heavy (non-hydrogen) atoms. The van der Waals surface area contributed by atoms with Crippen LogP contribution >= 0.6 is 0 Å². The maximum atomic E-state index is 12.2. The van der Waals surface area contributed by atoms with Gasteiger partial charge in [-0.15, -0.1) is 0 Å². The van der Waals surface area contributed by atoms with Crippen molar-refractivity contribution in [3.63, 3.8) is 0 Å². The van der Waals surface area contributed by atoms with Gasteiger partial charge in [0.25, 0.3) is 5.91 Å². The summed E-state index contributed by atoms with van der Waals surface area (Å²) in [7, 11) is 2.15. The smallest absolute Gasteiger partial charge is 0.251 e. The van der Waals surface area contributed by atoms with Crippen molar-refractivity contribution in [2.45, 2.75) is 19.9 Å². The Morgan fingerprint density at radius 3 is 2.73 bits per heavy atom. The summed E-state index contributed by atoms with van der Waals surface area (Å²) >= 11 is 0. The molecule has 2 rings (SSSR count). The number of rotatable bonds is 6. The van der Waals surface area contributed by atoms with Crippen molar-refractivity contribution < 1.29 is 9.53 Å². The van der Waals surface area contributed by atoms with E-state index >= 15 is 0 Å². The van der Waals surface area contributed by atoms with Crippen LogP contribution in [0.3, 0.4) is 0 Å². The van der Waals surface area contributed by atoms with Crippen LogP contribution in [0.25, 0.3) is 0 Å². The lowest BCUT2D eigenvalue weighted by Crippen LogP contribution is -2.51. The first-order valence-electron chi connectivity index (χ1n) is 8.03. The van der Waals surface area contributed by atoms with Crippen LogP contribution < -0.4 is 10.1 Å². The summed E-state index contributed by atoms with van der Waals surface area (Å²) in [4.78, 5) is 17.0. The minimum atomic E-state index is -0.0393. The standard InChI is InChI=1S/C17H27N3O2/c1-4-22-16-7-5-6-15(12-16)17(21)18-13-14(2)20-10-8-19(3)9-11-20/h5-7,12,14H,4,8-11,13H2,1-3H3,(H,18,21)/t14-/m1/s1. The van der Waals surface area contributed by atoms with E-state index in [1.807, 2.05) is 25.1 Å². The van der Waals surface area contributed by atoms with Crippen LogP contribution in [0.5, 0.6) is 5.75 Å². The molecule has 0 bridgehead atoms. The first-order chi connectivity index (χ1) is 10.6. The Bertz CT molecular complexity index is 485. The largest absolute Gasteiger partial charge is 0.494 e. The van der Waals surface area contributed by atoms with E-state index in [9.17, 15) is 4.79 Å². The average Bonchev–Trinajstić information content (AvgIpc) is 2.53. The lowest BCUT2D eigenvalue weighted by molar-refractivity contribution is 0.0903. The molecule has 0 spiro atoms. The fourth-order valence-corrected chi connectivity index (χ4v) is 2.63. The van der Waals surface area contributed by atoms with Crippen LogP contribution in [0, 0.1) is 0 Å². The van der Waals surface area contributed by atoms with Gasteiger partial charge in [0, 0.05) is 44.3 Å². The van der Waals surface area contributed by atoms with Crippen molar-refractivity contribution in [3.8, 4) is 5.75 Å². The summed E-state index contributed by atoms with van der Waals surface area (Å²) < 4.78 is 5.43. The van der Waals surface area contributed by atoms with E-state index < -0.39 is 0 Å². The van der Waals surface area contributed by atoms with Gasteiger partial charge in [-0.3, -0.25) is 9.69 Å². The molecule has 5 heteroatoms. The summed E-state index contributed by atoms with van der Waals surface area (Å²) in [6.07, 6.45) is 0. The van der Waals surface area contributed by atoms with Gasteiger partial charge in [0.05, 0.1) is 6.61 Å². The Morgan fingerprint density at radius 2 is 2.05 bits per heavy atom. The number of piperazine rings is 1. The number of nitrogens with one attached hydrogen (secondary N) is 1. The fraction of sp³-hybridized carbons (Fsp3) is 0.588. The molecule has 1 atom stereocenters. The molecule has 1 aliphatic rings. The SMILES string of the molecule is CCOc1cccc(C(=O)NC[C@@H](C)N2CCN(C)CC2)c1. The molecule has 0 aliphatic carbocycles. The normalized spacial score (nSPS) is 18.0. The monoisotopic (exact) mass is 305 g/mol. The van der Waals surface area contributed by atoms with E-state index in [4.69, 9.17) is 4.74 Å². The summed E-state index contributed by atoms with van der Waals surface area (Å²) in [5, 5.41) is 3.03. The first-order valence-corrected chi connectivity index (χ1v) is 8.03. The molecule has 1 fully saturated rings. The number of carbonyl (C=O) groups is 1. The van der Waals surface area contributed by atoms with Crippen molar-refractivity contribution in [2.75, 3.05) is 46.4 Å². The van der Waals surface area contributed by atoms with Crippen molar-refractivity contribution in [1.29, 1.82) is 0 Å². The maximum Gasteiger partial charge on any atom is 0.251 e. The van der Waals surface area contributed by atoms with Gasteiger partial charge in [-0.1, -0.05) is 6.07 Å². The molecule has 1 saturated heterocycles. The van der Waals surface area contributed by atoms with Gasteiger partial charge in [0.15, 0.2) is 0 Å². The third kappa shape index (κ3) is 4.71. The van der Waals surface area contributed by atoms with E-state index in [1.165, 1.54) is 0 Å². The first kappa shape index (κ1) is 16.8. The van der Waals surface area contributed by atoms with Gasteiger partial charge in [-0.2, -0.15) is 0 Å². The number of hydrogen-bond donors (Lipinski definition) is 1. The Balaban J connectivity index is 1.83. The molecule has 0 saturated carbocycles. The molecule has 1 N–H and O–H groups in total. The van der Waals surface area contributed by atoms with Crippen LogP contribution in [0.4, 0.5) is 0 Å². The molecule has 1 amide bonds. The summed E-state index contributed by atoms with van der Waals surface area (Å²) in [6, 6.07) is 7.68. The summed E-state index contributed by atoms with van der Waals surface area (Å²) in [6.45, 7) is 9.68. The molecular formula is C17H27N3O2. The van der Waals surface area contributed by atoms with Crippen molar-refractivity contribution in [3.05, 3.63) is 29.8 Å². The number of amides is 1. The van der Waals surface area contributed by atoms with E-state index in [2.05, 4.69) is 29.1 Å². The second kappa shape index (κ2) is 8.15. The summed E-state index contributed by atoms with van der Waals surface area (Å²) in [5.74, 6) is 0.699. The van der Waals surface area contributed by atoms with Gasteiger partial charge in [0.2, 0.25) is 0 Å². The van der Waals surface area contributed by atoms with Crippen molar-refractivity contribution >= 4 is 5.91 Å². The zero-order valence-electron chi connectivity index (χ0n) is 13.8. The molecule has 122 valence electrons. The van der Waals surface area contributed by atoms with Crippen molar-refractivity contribution in [1.82, 2.24) is 15.1 Å². The minimum Gasteiger partial charge on any atom is -0.494 e. The highest BCUT2D eigenvalue weighted by Gasteiger charge is 2.19. The number of benzene rings is 1. The molecule has 1 aliphatic heterocycles. The van der Waals surface area contributed by atoms with Crippen LogP contribution in [0.15, 0.2) is 24.3 Å². The average molecular weight is 305 g/mol. The third-order valence-corrected chi connectivity index (χ3v) is 4.13. The molecule has 0 unspecified atom stereocenters. The Hall–Kier alpha value is -1.59. The molecule has 0 radical (unpaired) electrons. The van der Waals surface area contributed by atoms with Gasteiger partial charge >= 0.3 is 0 Å². The Labute approximate surface area is 133 Å². The number of nitrogens with zero attached hydrogens (tertiary/aromatic N) is 2. The van der Waals surface area contributed by atoms with Gasteiger partial charge in [0.1, 0.15) is 5.75 Å². The number of likely N-dealkylation sites (N-methyl/N-ethyl adjacent to an activating group) is 1. The maximum absolute atomic E-state index is 12.2. The molecule has 5 nitrogen and oxygen atoms in total.